The molecule has 0 aliphatic heterocycles. The molecule has 0 saturated carbocycles. The van der Waals surface area contributed by atoms with Crippen LogP contribution in [0.15, 0.2) is 42.7 Å². The van der Waals surface area contributed by atoms with Gasteiger partial charge in [0.2, 0.25) is 0 Å². The Morgan fingerprint density at radius 1 is 1.29 bits per heavy atom. The second-order valence-corrected chi connectivity index (χ2v) is 6.12. The summed E-state index contributed by atoms with van der Waals surface area (Å²) < 4.78 is 1.58. The first-order chi connectivity index (χ1) is 11.5. The van der Waals surface area contributed by atoms with E-state index in [4.69, 9.17) is 11.6 Å². The number of benzene rings is 1. The molecule has 7 heteroatoms. The van der Waals surface area contributed by atoms with E-state index in [2.05, 4.69) is 20.7 Å². The maximum Gasteiger partial charge on any atom is 0.256 e. The molecule has 0 aliphatic carbocycles. The van der Waals surface area contributed by atoms with Crippen LogP contribution in [0.2, 0.25) is 5.02 Å². The zero-order chi connectivity index (χ0) is 17.1. The third-order valence-corrected chi connectivity index (χ3v) is 3.82. The van der Waals surface area contributed by atoms with Gasteiger partial charge in [0.05, 0.1) is 6.20 Å². The number of anilines is 1. The summed E-state index contributed by atoms with van der Waals surface area (Å²) in [5.41, 5.74) is 1.94. The molecule has 2 N–H and O–H groups in total. The van der Waals surface area contributed by atoms with E-state index in [0.29, 0.717) is 28.6 Å². The van der Waals surface area contributed by atoms with Crippen molar-refractivity contribution in [1.29, 1.82) is 0 Å². The van der Waals surface area contributed by atoms with Gasteiger partial charge in [-0.3, -0.25) is 4.79 Å². The summed E-state index contributed by atoms with van der Waals surface area (Å²) in [4.78, 5) is 16.7. The fourth-order valence-electron chi connectivity index (χ4n) is 2.29. The van der Waals surface area contributed by atoms with Crippen molar-refractivity contribution in [3.63, 3.8) is 0 Å². The lowest BCUT2D eigenvalue weighted by Gasteiger charge is -2.09. The van der Waals surface area contributed by atoms with Crippen LogP contribution in [0.1, 0.15) is 29.8 Å². The van der Waals surface area contributed by atoms with E-state index in [1.54, 1.807) is 16.8 Å². The molecule has 0 spiro atoms. The van der Waals surface area contributed by atoms with Crippen LogP contribution in [0.3, 0.4) is 0 Å². The van der Waals surface area contributed by atoms with Crippen molar-refractivity contribution < 1.29 is 4.79 Å². The van der Waals surface area contributed by atoms with Gasteiger partial charge in [-0.1, -0.05) is 29.8 Å². The number of nitrogens with zero attached hydrogens (tertiary/aromatic N) is 3. The van der Waals surface area contributed by atoms with Gasteiger partial charge in [-0.2, -0.15) is 5.10 Å². The maximum absolute atomic E-state index is 12.2. The molecule has 0 atom stereocenters. The first kappa shape index (κ1) is 16.3. The number of aromatic nitrogens is 3. The number of nitrogens with one attached hydrogen (secondary N) is 2. The van der Waals surface area contributed by atoms with Gasteiger partial charge in [-0.05, 0) is 31.5 Å². The highest BCUT2D eigenvalue weighted by Gasteiger charge is 2.15. The van der Waals surface area contributed by atoms with Gasteiger partial charge in [0.1, 0.15) is 11.4 Å². The summed E-state index contributed by atoms with van der Waals surface area (Å²) in [5.74, 6) is 0.470. The number of amides is 1. The summed E-state index contributed by atoms with van der Waals surface area (Å²) in [7, 11) is 0. The number of carbonyl (C=O) groups excluding carboxylic acids is 1. The first-order valence-electron chi connectivity index (χ1n) is 7.67. The van der Waals surface area contributed by atoms with Crippen molar-refractivity contribution in [2.75, 3.05) is 5.32 Å². The largest absolute Gasteiger partial charge is 0.366 e. The summed E-state index contributed by atoms with van der Waals surface area (Å²) in [6, 6.07) is 9.48. The van der Waals surface area contributed by atoms with Crippen LogP contribution >= 0.6 is 11.6 Å². The monoisotopic (exact) mass is 343 g/mol. The Morgan fingerprint density at radius 3 is 2.83 bits per heavy atom. The molecule has 6 nitrogen and oxygen atoms in total. The van der Waals surface area contributed by atoms with E-state index in [-0.39, 0.29) is 11.9 Å². The van der Waals surface area contributed by atoms with Crippen molar-refractivity contribution in [3.05, 3.63) is 58.9 Å². The molecule has 0 bridgehead atoms. The average Bonchev–Trinajstić information content (AvgIpc) is 2.96. The minimum Gasteiger partial charge on any atom is -0.366 e. The van der Waals surface area contributed by atoms with E-state index >= 15 is 0 Å². The van der Waals surface area contributed by atoms with E-state index in [1.165, 1.54) is 6.20 Å². The van der Waals surface area contributed by atoms with E-state index in [1.807, 2.05) is 38.1 Å². The molecule has 124 valence electrons. The number of fused-ring (bicyclic) bond motifs is 1. The minimum absolute atomic E-state index is 0.0500. The molecule has 0 saturated heterocycles. The summed E-state index contributed by atoms with van der Waals surface area (Å²) >= 11 is 6.16. The van der Waals surface area contributed by atoms with Gasteiger partial charge >= 0.3 is 0 Å². The van der Waals surface area contributed by atoms with Gasteiger partial charge in [0.25, 0.3) is 5.91 Å². The first-order valence-corrected chi connectivity index (χ1v) is 8.05. The Morgan fingerprint density at radius 2 is 2.08 bits per heavy atom. The fourth-order valence-corrected chi connectivity index (χ4v) is 2.50. The topological polar surface area (TPSA) is 71.3 Å². The van der Waals surface area contributed by atoms with Crippen LogP contribution in [-0.4, -0.2) is 26.5 Å². The Kier molecular flexibility index (Phi) is 4.66. The number of hydrogen-bond donors (Lipinski definition) is 2. The predicted molar refractivity (Wildman–Crippen MR) is 94.4 cm³/mol. The van der Waals surface area contributed by atoms with Gasteiger partial charge in [0, 0.05) is 23.8 Å². The predicted octanol–water partition coefficient (Wildman–Crippen LogP) is 3.13. The number of carbonyl (C=O) groups is 1. The van der Waals surface area contributed by atoms with Gasteiger partial charge in [0.15, 0.2) is 5.65 Å². The number of hydrogen-bond acceptors (Lipinski definition) is 4. The number of halogens is 1. The van der Waals surface area contributed by atoms with Crippen LogP contribution in [0.25, 0.3) is 5.65 Å². The van der Waals surface area contributed by atoms with E-state index in [9.17, 15) is 4.79 Å². The molecule has 2 heterocycles. The van der Waals surface area contributed by atoms with E-state index in [0.717, 1.165) is 5.56 Å². The summed E-state index contributed by atoms with van der Waals surface area (Å²) in [6.45, 7) is 4.37. The third kappa shape index (κ3) is 3.49. The maximum atomic E-state index is 12.2. The SMILES string of the molecule is CC(C)NC(=O)c1cnn2ccc(NCc3ccccc3Cl)nc12. The Bertz CT molecular complexity index is 874. The van der Waals surface area contributed by atoms with Gasteiger partial charge in [-0.15, -0.1) is 0 Å². The van der Waals surface area contributed by atoms with Crippen molar-refractivity contribution in [2.45, 2.75) is 26.4 Å². The normalized spacial score (nSPS) is 11.0. The lowest BCUT2D eigenvalue weighted by atomic mass is 10.2. The standard InChI is InChI=1S/C17H18ClN5O/c1-11(2)21-17(24)13-10-20-23-8-7-15(22-16(13)23)19-9-12-5-3-4-6-14(12)18/h3-8,10-11H,9H2,1-2H3,(H,19,22)(H,21,24). The van der Waals surface area contributed by atoms with Crippen LogP contribution < -0.4 is 10.6 Å². The zero-order valence-corrected chi connectivity index (χ0v) is 14.2. The Labute approximate surface area is 144 Å². The molecule has 0 aliphatic rings. The van der Waals surface area contributed by atoms with Gasteiger partial charge in [-0.25, -0.2) is 9.50 Å². The summed E-state index contributed by atoms with van der Waals surface area (Å²) in [6.07, 6.45) is 3.29. The molecular weight excluding hydrogens is 326 g/mol. The van der Waals surface area contributed by atoms with Crippen LogP contribution in [0.5, 0.6) is 0 Å². The zero-order valence-electron chi connectivity index (χ0n) is 13.5. The molecule has 24 heavy (non-hydrogen) atoms. The quantitative estimate of drug-likeness (QED) is 0.746. The average molecular weight is 344 g/mol. The summed E-state index contributed by atoms with van der Waals surface area (Å²) in [5, 5.41) is 10.9. The number of rotatable bonds is 5. The lowest BCUT2D eigenvalue weighted by Crippen LogP contribution is -2.30. The highest BCUT2D eigenvalue weighted by atomic mass is 35.5. The highest BCUT2D eigenvalue weighted by molar-refractivity contribution is 6.31. The molecule has 1 aromatic carbocycles. The fraction of sp³-hybridized carbons (Fsp3) is 0.235. The van der Waals surface area contributed by atoms with E-state index < -0.39 is 0 Å². The van der Waals surface area contributed by atoms with Crippen LogP contribution in [-0.2, 0) is 6.54 Å². The second kappa shape index (κ2) is 6.88. The molecule has 0 unspecified atom stereocenters. The van der Waals surface area contributed by atoms with Crippen molar-refractivity contribution in [1.82, 2.24) is 19.9 Å². The molecule has 2 aromatic heterocycles. The minimum atomic E-state index is -0.184. The molecule has 3 aromatic rings. The van der Waals surface area contributed by atoms with Crippen molar-refractivity contribution >= 4 is 29.0 Å². The Hall–Kier alpha value is -2.60. The molecule has 0 fully saturated rings. The van der Waals surface area contributed by atoms with Crippen molar-refractivity contribution in [3.8, 4) is 0 Å². The van der Waals surface area contributed by atoms with Crippen LogP contribution in [0, 0.1) is 0 Å². The molecule has 0 radical (unpaired) electrons. The third-order valence-electron chi connectivity index (χ3n) is 3.45. The lowest BCUT2D eigenvalue weighted by molar-refractivity contribution is 0.0944. The second-order valence-electron chi connectivity index (χ2n) is 5.71. The Balaban J connectivity index is 1.82. The van der Waals surface area contributed by atoms with Crippen LogP contribution in [0.4, 0.5) is 5.82 Å². The van der Waals surface area contributed by atoms with Gasteiger partial charge < -0.3 is 10.6 Å². The molecular formula is C17H18ClN5O. The molecule has 3 rings (SSSR count). The molecule has 1 amide bonds. The smallest absolute Gasteiger partial charge is 0.256 e. The van der Waals surface area contributed by atoms with Crippen molar-refractivity contribution in [2.24, 2.45) is 0 Å². The highest BCUT2D eigenvalue weighted by Crippen LogP contribution is 2.17.